The highest BCUT2D eigenvalue weighted by molar-refractivity contribution is 7.89. The Morgan fingerprint density at radius 2 is 2.00 bits per heavy atom. The van der Waals surface area contributed by atoms with Gasteiger partial charge in [-0.05, 0) is 13.3 Å². The summed E-state index contributed by atoms with van der Waals surface area (Å²) < 4.78 is 31.4. The van der Waals surface area contributed by atoms with E-state index in [2.05, 4.69) is 24.9 Å². The Bertz CT molecular complexity index is 618. The first-order valence-electron chi connectivity index (χ1n) is 8.40. The molecule has 0 bridgehead atoms. The van der Waals surface area contributed by atoms with Crippen LogP contribution in [0, 0.1) is 6.92 Å². The second-order valence-electron chi connectivity index (χ2n) is 5.78. The van der Waals surface area contributed by atoms with E-state index in [0.717, 1.165) is 31.0 Å². The van der Waals surface area contributed by atoms with E-state index in [9.17, 15) is 8.42 Å². The average Bonchev–Trinajstić information content (AvgIpc) is 2.57. The Kier molecular flexibility index (Phi) is 7.19. The number of rotatable bonds is 9. The van der Waals surface area contributed by atoms with Gasteiger partial charge in [0, 0.05) is 37.9 Å². The molecule has 0 aliphatic carbocycles. The molecule has 2 N–H and O–H groups in total. The highest BCUT2D eigenvalue weighted by Gasteiger charge is 2.14. The van der Waals surface area contributed by atoms with Gasteiger partial charge in [0.1, 0.15) is 5.82 Å². The molecule has 9 heteroatoms. The third-order valence-corrected chi connectivity index (χ3v) is 5.14. The molecule has 0 atom stereocenters. The van der Waals surface area contributed by atoms with Crippen LogP contribution < -0.4 is 14.9 Å². The van der Waals surface area contributed by atoms with E-state index in [1.165, 1.54) is 0 Å². The number of morpholine rings is 1. The van der Waals surface area contributed by atoms with Crippen molar-refractivity contribution in [3.63, 3.8) is 0 Å². The van der Waals surface area contributed by atoms with Crippen LogP contribution in [0.25, 0.3) is 0 Å². The van der Waals surface area contributed by atoms with Crippen molar-refractivity contribution in [1.29, 1.82) is 0 Å². The number of aromatic nitrogens is 2. The number of sulfonamides is 1. The third kappa shape index (κ3) is 6.21. The minimum atomic E-state index is -3.18. The van der Waals surface area contributed by atoms with Gasteiger partial charge >= 0.3 is 0 Å². The van der Waals surface area contributed by atoms with Crippen LogP contribution in [-0.2, 0) is 14.8 Å². The van der Waals surface area contributed by atoms with E-state index in [0.29, 0.717) is 38.7 Å². The fourth-order valence-electron chi connectivity index (χ4n) is 2.37. The summed E-state index contributed by atoms with van der Waals surface area (Å²) in [7, 11) is -3.18. The molecule has 1 aromatic heterocycles. The first kappa shape index (κ1) is 18.9. The molecule has 1 aromatic rings. The molecule has 1 aliphatic heterocycles. The number of aryl methyl sites for hydroxylation is 1. The van der Waals surface area contributed by atoms with E-state index < -0.39 is 10.0 Å². The van der Waals surface area contributed by atoms with E-state index in [1.807, 2.05) is 19.9 Å². The van der Waals surface area contributed by atoms with Crippen LogP contribution in [-0.4, -0.2) is 63.5 Å². The van der Waals surface area contributed by atoms with Crippen molar-refractivity contribution < 1.29 is 13.2 Å². The molecule has 24 heavy (non-hydrogen) atoms. The summed E-state index contributed by atoms with van der Waals surface area (Å²) >= 11 is 0. The Balaban J connectivity index is 1.85. The Labute approximate surface area is 144 Å². The van der Waals surface area contributed by atoms with Crippen molar-refractivity contribution in [2.75, 3.05) is 55.4 Å². The highest BCUT2D eigenvalue weighted by Crippen LogP contribution is 2.16. The van der Waals surface area contributed by atoms with Gasteiger partial charge in [-0.15, -0.1) is 0 Å². The lowest BCUT2D eigenvalue weighted by Gasteiger charge is -2.28. The second-order valence-corrected chi connectivity index (χ2v) is 7.71. The van der Waals surface area contributed by atoms with Gasteiger partial charge < -0.3 is 15.0 Å². The maximum atomic E-state index is 11.7. The quantitative estimate of drug-likeness (QED) is 0.630. The monoisotopic (exact) mass is 357 g/mol. The fourth-order valence-corrected chi connectivity index (χ4v) is 3.60. The first-order valence-corrected chi connectivity index (χ1v) is 10.0. The zero-order valence-electron chi connectivity index (χ0n) is 14.4. The summed E-state index contributed by atoms with van der Waals surface area (Å²) in [5, 5.41) is 3.09. The number of nitrogens with zero attached hydrogens (tertiary/aromatic N) is 3. The molecule has 0 unspecified atom stereocenters. The van der Waals surface area contributed by atoms with Crippen LogP contribution >= 0.6 is 0 Å². The SMILES string of the molecule is CCCCS(=O)(=O)NCCNc1nc(C)cc(N2CCOCC2)n1. The van der Waals surface area contributed by atoms with Crippen LogP contribution in [0.5, 0.6) is 0 Å². The van der Waals surface area contributed by atoms with Crippen LogP contribution in [0.3, 0.4) is 0 Å². The molecular formula is C15H27N5O3S. The third-order valence-electron chi connectivity index (χ3n) is 3.67. The summed E-state index contributed by atoms with van der Waals surface area (Å²) in [6.45, 7) is 7.67. The lowest BCUT2D eigenvalue weighted by molar-refractivity contribution is 0.122. The number of hydrogen-bond acceptors (Lipinski definition) is 7. The van der Waals surface area contributed by atoms with Crippen molar-refractivity contribution in [1.82, 2.24) is 14.7 Å². The Morgan fingerprint density at radius 3 is 2.71 bits per heavy atom. The van der Waals surface area contributed by atoms with E-state index in [-0.39, 0.29) is 5.75 Å². The maximum absolute atomic E-state index is 11.7. The summed E-state index contributed by atoms with van der Waals surface area (Å²) in [5.41, 5.74) is 0.873. The number of ether oxygens (including phenoxy) is 1. The van der Waals surface area contributed by atoms with Crippen molar-refractivity contribution in [2.45, 2.75) is 26.7 Å². The molecule has 0 saturated carbocycles. The lowest BCUT2D eigenvalue weighted by Crippen LogP contribution is -2.37. The molecule has 2 rings (SSSR count). The normalized spacial score (nSPS) is 15.5. The van der Waals surface area contributed by atoms with Gasteiger partial charge in [-0.3, -0.25) is 0 Å². The van der Waals surface area contributed by atoms with E-state index in [1.54, 1.807) is 0 Å². The summed E-state index contributed by atoms with van der Waals surface area (Å²) in [4.78, 5) is 11.0. The number of unbranched alkanes of at least 4 members (excludes halogenated alkanes) is 1. The highest BCUT2D eigenvalue weighted by atomic mass is 32.2. The topological polar surface area (TPSA) is 96.5 Å². The second kappa shape index (κ2) is 9.14. The number of nitrogens with one attached hydrogen (secondary N) is 2. The van der Waals surface area contributed by atoms with Gasteiger partial charge in [0.05, 0.1) is 19.0 Å². The van der Waals surface area contributed by atoms with Crippen LogP contribution in [0.15, 0.2) is 6.07 Å². The minimum Gasteiger partial charge on any atom is -0.378 e. The van der Waals surface area contributed by atoms with Gasteiger partial charge in [-0.1, -0.05) is 13.3 Å². The minimum absolute atomic E-state index is 0.172. The Hall–Kier alpha value is -1.45. The predicted molar refractivity (Wildman–Crippen MR) is 95.0 cm³/mol. The first-order chi connectivity index (χ1) is 11.5. The van der Waals surface area contributed by atoms with Gasteiger partial charge in [-0.2, -0.15) is 4.98 Å². The lowest BCUT2D eigenvalue weighted by atomic mass is 10.3. The largest absolute Gasteiger partial charge is 0.378 e. The molecule has 1 fully saturated rings. The van der Waals surface area contributed by atoms with Crippen molar-refractivity contribution in [3.8, 4) is 0 Å². The summed E-state index contributed by atoms with van der Waals surface area (Å²) in [6, 6.07) is 1.95. The summed E-state index contributed by atoms with van der Waals surface area (Å²) in [6.07, 6.45) is 1.53. The van der Waals surface area contributed by atoms with Crippen LogP contribution in [0.2, 0.25) is 0 Å². The Morgan fingerprint density at radius 1 is 1.25 bits per heavy atom. The molecule has 1 saturated heterocycles. The van der Waals surface area contributed by atoms with Crippen LogP contribution in [0.4, 0.5) is 11.8 Å². The number of anilines is 2. The maximum Gasteiger partial charge on any atom is 0.224 e. The molecule has 0 radical (unpaired) electrons. The van der Waals surface area contributed by atoms with E-state index in [4.69, 9.17) is 4.74 Å². The molecule has 8 nitrogen and oxygen atoms in total. The number of hydrogen-bond donors (Lipinski definition) is 2. The smallest absolute Gasteiger partial charge is 0.224 e. The van der Waals surface area contributed by atoms with Gasteiger partial charge in [-0.25, -0.2) is 18.1 Å². The van der Waals surface area contributed by atoms with Gasteiger partial charge in [0.15, 0.2) is 0 Å². The van der Waals surface area contributed by atoms with Gasteiger partial charge in [0.2, 0.25) is 16.0 Å². The van der Waals surface area contributed by atoms with E-state index >= 15 is 0 Å². The molecule has 2 heterocycles. The molecular weight excluding hydrogens is 330 g/mol. The molecule has 1 aliphatic rings. The van der Waals surface area contributed by atoms with Gasteiger partial charge in [0.25, 0.3) is 0 Å². The fraction of sp³-hybridized carbons (Fsp3) is 0.733. The summed E-state index contributed by atoms with van der Waals surface area (Å²) in [5.74, 6) is 1.56. The molecule has 0 aromatic carbocycles. The van der Waals surface area contributed by atoms with Crippen LogP contribution in [0.1, 0.15) is 25.5 Å². The predicted octanol–water partition coefficient (Wildman–Crippen LogP) is 0.753. The molecule has 136 valence electrons. The van der Waals surface area contributed by atoms with Crippen molar-refractivity contribution >= 4 is 21.8 Å². The average molecular weight is 357 g/mol. The van der Waals surface area contributed by atoms with Crippen molar-refractivity contribution in [2.24, 2.45) is 0 Å². The zero-order chi connectivity index (χ0) is 17.4. The molecule has 0 amide bonds. The van der Waals surface area contributed by atoms with Crippen molar-refractivity contribution in [3.05, 3.63) is 11.8 Å². The standard InChI is InChI=1S/C15H27N5O3S/c1-3-4-11-24(21,22)17-6-5-16-15-18-13(2)12-14(19-15)20-7-9-23-10-8-20/h12,17H,3-11H2,1-2H3,(H,16,18,19). The molecule has 0 spiro atoms. The zero-order valence-corrected chi connectivity index (χ0v) is 15.2.